The topological polar surface area (TPSA) is 48.4 Å². The number of pyridine rings is 1. The van der Waals surface area contributed by atoms with E-state index in [-0.39, 0.29) is 11.4 Å². The normalized spacial score (nSPS) is 12.2. The van der Waals surface area contributed by atoms with Crippen molar-refractivity contribution in [1.29, 1.82) is 0 Å². The summed E-state index contributed by atoms with van der Waals surface area (Å²) in [5.41, 5.74) is -3.35. The molecule has 0 N–H and O–H groups in total. The Hall–Kier alpha value is -1.52. The van der Waals surface area contributed by atoms with Gasteiger partial charge in [0.2, 0.25) is 0 Å². The maximum atomic E-state index is 12.8. The number of rotatable bonds is 3. The van der Waals surface area contributed by atoms with E-state index in [1.54, 1.807) is 0 Å². The van der Waals surface area contributed by atoms with Gasteiger partial charge in [-0.05, 0) is 6.07 Å². The summed E-state index contributed by atoms with van der Waals surface area (Å²) in [7, 11) is 0.818. The fraction of sp³-hybridized carbons (Fsp3) is 0.400. The number of ether oxygens (including phenoxy) is 2. The first-order valence-electron chi connectivity index (χ1n) is 5.00. The summed E-state index contributed by atoms with van der Waals surface area (Å²) in [6.07, 6.45) is -10.3. The Morgan fingerprint density at radius 2 is 1.86 bits per heavy atom. The Kier molecular flexibility index (Phi) is 5.07. The zero-order valence-corrected chi connectivity index (χ0v) is 11.7. The molecule has 0 aromatic carbocycles. The lowest BCUT2D eigenvalue weighted by Gasteiger charge is -2.16. The highest BCUT2D eigenvalue weighted by molar-refractivity contribution is 9.08. The molecule has 0 spiro atoms. The van der Waals surface area contributed by atoms with E-state index in [0.717, 1.165) is 7.11 Å². The second kappa shape index (κ2) is 6.08. The molecule has 0 amide bonds. The number of alkyl halides is 7. The van der Waals surface area contributed by atoms with Crippen molar-refractivity contribution in [2.45, 2.75) is 17.9 Å². The van der Waals surface area contributed by atoms with Crippen LogP contribution in [-0.4, -0.2) is 24.4 Å². The van der Waals surface area contributed by atoms with E-state index in [1.807, 2.05) is 0 Å². The minimum Gasteiger partial charge on any atom is -0.464 e. The van der Waals surface area contributed by atoms with E-state index in [2.05, 4.69) is 30.4 Å². The number of carbonyl (C=O) groups is 1. The molecule has 4 nitrogen and oxygen atoms in total. The lowest BCUT2D eigenvalue weighted by atomic mass is 10.1. The average Bonchev–Trinajstić information content (AvgIpc) is 2.34. The van der Waals surface area contributed by atoms with Crippen molar-refractivity contribution in [3.63, 3.8) is 0 Å². The van der Waals surface area contributed by atoms with E-state index in [0.29, 0.717) is 0 Å². The number of aromatic nitrogens is 1. The highest BCUT2D eigenvalue weighted by Gasteiger charge is 2.40. The van der Waals surface area contributed by atoms with Gasteiger partial charge in [0.15, 0.2) is 11.4 Å². The van der Waals surface area contributed by atoms with Crippen molar-refractivity contribution < 1.29 is 40.6 Å². The van der Waals surface area contributed by atoms with E-state index in [4.69, 9.17) is 0 Å². The highest BCUT2D eigenvalue weighted by atomic mass is 79.9. The molecule has 0 aliphatic carbocycles. The number of hydrogen-bond donors (Lipinski definition) is 0. The molecule has 0 saturated carbocycles. The summed E-state index contributed by atoms with van der Waals surface area (Å²) in [6.45, 7) is 0. The molecule has 0 radical (unpaired) electrons. The van der Waals surface area contributed by atoms with Crippen LogP contribution in [0.2, 0.25) is 0 Å². The first kappa shape index (κ1) is 17.5. The second-order valence-electron chi connectivity index (χ2n) is 3.50. The second-order valence-corrected chi connectivity index (χ2v) is 4.06. The molecule has 0 fully saturated rings. The molecule has 21 heavy (non-hydrogen) atoms. The molecule has 1 heterocycles. The predicted molar refractivity (Wildman–Crippen MR) is 59.9 cm³/mol. The van der Waals surface area contributed by atoms with E-state index < -0.39 is 41.2 Å². The van der Waals surface area contributed by atoms with E-state index >= 15 is 0 Å². The molecule has 1 aromatic rings. The molecular weight excluding hydrogens is 376 g/mol. The van der Waals surface area contributed by atoms with Crippen LogP contribution in [0.4, 0.5) is 26.3 Å². The van der Waals surface area contributed by atoms with E-state index in [1.165, 1.54) is 0 Å². The number of methoxy groups -OCH3 is 1. The summed E-state index contributed by atoms with van der Waals surface area (Å²) in [6, 6.07) is 0.0589. The summed E-state index contributed by atoms with van der Waals surface area (Å²) < 4.78 is 82.5. The van der Waals surface area contributed by atoms with Gasteiger partial charge in [0.05, 0.1) is 18.4 Å². The zero-order valence-electron chi connectivity index (χ0n) is 10.1. The van der Waals surface area contributed by atoms with Crippen LogP contribution in [0.25, 0.3) is 0 Å². The first-order valence-corrected chi connectivity index (χ1v) is 6.13. The lowest BCUT2D eigenvalue weighted by molar-refractivity contribution is -0.275. The zero-order chi connectivity index (χ0) is 16.4. The van der Waals surface area contributed by atoms with Gasteiger partial charge in [0.25, 0.3) is 0 Å². The SMILES string of the molecule is COC(=O)c1nc(CBr)c(OC(F)(F)F)cc1C(F)(F)F. The Morgan fingerprint density at radius 3 is 2.24 bits per heavy atom. The maximum absolute atomic E-state index is 12.8. The maximum Gasteiger partial charge on any atom is 0.573 e. The Bertz CT molecular complexity index is 543. The molecule has 1 rings (SSSR count). The van der Waals surface area contributed by atoms with Crippen molar-refractivity contribution in [2.24, 2.45) is 0 Å². The van der Waals surface area contributed by atoms with E-state index in [9.17, 15) is 31.1 Å². The molecule has 0 saturated heterocycles. The summed E-state index contributed by atoms with van der Waals surface area (Å²) in [5.74, 6) is -2.58. The number of nitrogens with zero attached hydrogens (tertiary/aromatic N) is 1. The minimum atomic E-state index is -5.20. The van der Waals surface area contributed by atoms with Crippen LogP contribution >= 0.6 is 15.9 Å². The van der Waals surface area contributed by atoms with Crippen molar-refractivity contribution in [2.75, 3.05) is 7.11 Å². The molecule has 1 aromatic heterocycles. The molecule has 0 aliphatic rings. The summed E-state index contributed by atoms with van der Waals surface area (Å²) in [4.78, 5) is 14.5. The van der Waals surface area contributed by atoms with Crippen LogP contribution in [-0.2, 0) is 16.2 Å². The van der Waals surface area contributed by atoms with Crippen molar-refractivity contribution in [3.05, 3.63) is 23.0 Å². The third-order valence-electron chi connectivity index (χ3n) is 2.10. The number of halogens is 7. The summed E-state index contributed by atoms with van der Waals surface area (Å²) >= 11 is 2.75. The third kappa shape index (κ3) is 4.48. The fourth-order valence-corrected chi connectivity index (χ4v) is 1.71. The van der Waals surface area contributed by atoms with Crippen LogP contribution in [0.1, 0.15) is 21.7 Å². The lowest BCUT2D eigenvalue weighted by Crippen LogP contribution is -2.22. The van der Waals surface area contributed by atoms with Crippen LogP contribution in [0.5, 0.6) is 5.75 Å². The van der Waals surface area contributed by atoms with Gasteiger partial charge in [-0.2, -0.15) is 13.2 Å². The monoisotopic (exact) mass is 381 g/mol. The smallest absolute Gasteiger partial charge is 0.464 e. The molecule has 0 unspecified atom stereocenters. The molecule has 0 atom stereocenters. The van der Waals surface area contributed by atoms with Gasteiger partial charge in [-0.15, -0.1) is 13.2 Å². The van der Waals surface area contributed by atoms with Crippen LogP contribution in [0, 0.1) is 0 Å². The summed E-state index contributed by atoms with van der Waals surface area (Å²) in [5, 5.41) is -0.361. The molecule has 0 bridgehead atoms. The predicted octanol–water partition coefficient (Wildman–Crippen LogP) is 3.68. The van der Waals surface area contributed by atoms with Gasteiger partial charge < -0.3 is 9.47 Å². The van der Waals surface area contributed by atoms with Crippen molar-refractivity contribution in [1.82, 2.24) is 4.98 Å². The minimum absolute atomic E-state index is 0.0589. The fourth-order valence-electron chi connectivity index (χ4n) is 1.31. The number of esters is 1. The van der Waals surface area contributed by atoms with Gasteiger partial charge >= 0.3 is 18.5 Å². The largest absolute Gasteiger partial charge is 0.573 e. The highest BCUT2D eigenvalue weighted by Crippen LogP contribution is 2.37. The Labute approximate surface area is 122 Å². The van der Waals surface area contributed by atoms with Gasteiger partial charge in [0, 0.05) is 5.33 Å². The molecular formula is C10H6BrF6NO3. The van der Waals surface area contributed by atoms with Crippen molar-refractivity contribution >= 4 is 21.9 Å². The van der Waals surface area contributed by atoms with Gasteiger partial charge in [-0.1, -0.05) is 15.9 Å². The number of carbonyl (C=O) groups excluding carboxylic acids is 1. The van der Waals surface area contributed by atoms with Crippen LogP contribution < -0.4 is 4.74 Å². The van der Waals surface area contributed by atoms with Crippen LogP contribution in [0.15, 0.2) is 6.07 Å². The average molecular weight is 382 g/mol. The van der Waals surface area contributed by atoms with Gasteiger partial charge in [-0.25, -0.2) is 9.78 Å². The Morgan fingerprint density at radius 1 is 1.29 bits per heavy atom. The van der Waals surface area contributed by atoms with Crippen molar-refractivity contribution in [3.8, 4) is 5.75 Å². The Balaban J connectivity index is 3.52. The first-order chi connectivity index (χ1) is 9.49. The van der Waals surface area contributed by atoms with Gasteiger partial charge in [0.1, 0.15) is 0 Å². The molecule has 11 heteroatoms. The quantitative estimate of drug-likeness (QED) is 0.455. The standard InChI is InChI=1S/C10H6BrF6NO3/c1-20-8(19)7-4(9(12,13)14)2-6(5(3-11)18-7)21-10(15,16)17/h2H,3H2,1H3. The van der Waals surface area contributed by atoms with Gasteiger partial charge in [-0.3, -0.25) is 0 Å². The molecule has 0 aliphatic heterocycles. The van der Waals surface area contributed by atoms with Crippen LogP contribution in [0.3, 0.4) is 0 Å². The molecule has 118 valence electrons. The third-order valence-corrected chi connectivity index (χ3v) is 2.63. The number of hydrogen-bond acceptors (Lipinski definition) is 4.